The minimum absolute atomic E-state index is 0.0813. The second-order valence-corrected chi connectivity index (χ2v) is 6.63. The van der Waals surface area contributed by atoms with Crippen molar-refractivity contribution in [1.82, 2.24) is 4.90 Å². The lowest BCUT2D eigenvalue weighted by molar-refractivity contribution is -0.895. The van der Waals surface area contributed by atoms with Crippen LogP contribution in [0.4, 0.5) is 10.1 Å². The van der Waals surface area contributed by atoms with E-state index in [1.807, 2.05) is 4.90 Å². The molecule has 5 nitrogen and oxygen atoms in total. The van der Waals surface area contributed by atoms with Crippen LogP contribution in [0.5, 0.6) is 0 Å². The van der Waals surface area contributed by atoms with Gasteiger partial charge in [-0.2, -0.15) is 0 Å². The predicted octanol–water partition coefficient (Wildman–Crippen LogP) is 0.147. The Morgan fingerprint density at radius 2 is 1.87 bits per heavy atom. The van der Waals surface area contributed by atoms with Gasteiger partial charge in [0.05, 0.1) is 26.2 Å². The third-order valence-electron chi connectivity index (χ3n) is 4.75. The lowest BCUT2D eigenvalue weighted by Crippen LogP contribution is -3.15. The third-order valence-corrected chi connectivity index (χ3v) is 4.75. The van der Waals surface area contributed by atoms with Crippen LogP contribution in [-0.2, 0) is 9.59 Å². The van der Waals surface area contributed by atoms with E-state index in [4.69, 9.17) is 0 Å². The summed E-state index contributed by atoms with van der Waals surface area (Å²) in [5, 5.41) is 2.78. The van der Waals surface area contributed by atoms with E-state index in [0.29, 0.717) is 18.2 Å². The number of nitrogens with one attached hydrogen (secondary N) is 2. The van der Waals surface area contributed by atoms with Gasteiger partial charge in [0.25, 0.3) is 5.91 Å². The number of halogens is 1. The molecule has 1 saturated heterocycles. The number of nitrogens with zero attached hydrogens (tertiary/aromatic N) is 1. The van der Waals surface area contributed by atoms with Crippen molar-refractivity contribution < 1.29 is 18.9 Å². The molecule has 2 fully saturated rings. The van der Waals surface area contributed by atoms with Crippen molar-refractivity contribution in [1.29, 1.82) is 0 Å². The van der Waals surface area contributed by atoms with Gasteiger partial charge >= 0.3 is 0 Å². The van der Waals surface area contributed by atoms with Crippen molar-refractivity contribution >= 4 is 17.5 Å². The van der Waals surface area contributed by atoms with Gasteiger partial charge in [-0.05, 0) is 36.6 Å². The summed E-state index contributed by atoms with van der Waals surface area (Å²) in [7, 11) is 0. The van der Waals surface area contributed by atoms with E-state index in [2.05, 4.69) is 12.2 Å². The Hall–Kier alpha value is -1.95. The molecule has 23 heavy (non-hydrogen) atoms. The fraction of sp³-hybridized carbons (Fsp3) is 0.529. The van der Waals surface area contributed by atoms with Gasteiger partial charge in [-0.25, -0.2) is 4.39 Å². The molecule has 2 atom stereocenters. The Kier molecular flexibility index (Phi) is 4.61. The van der Waals surface area contributed by atoms with Gasteiger partial charge < -0.3 is 15.1 Å². The molecule has 2 amide bonds. The van der Waals surface area contributed by atoms with Gasteiger partial charge in [0.1, 0.15) is 5.82 Å². The van der Waals surface area contributed by atoms with Gasteiger partial charge in [0, 0.05) is 11.6 Å². The quantitative estimate of drug-likeness (QED) is 0.830. The number of hydrogen-bond acceptors (Lipinski definition) is 2. The summed E-state index contributed by atoms with van der Waals surface area (Å²) in [6.45, 7) is 5.53. The van der Waals surface area contributed by atoms with Gasteiger partial charge in [-0.1, -0.05) is 6.92 Å². The van der Waals surface area contributed by atoms with E-state index in [0.717, 1.165) is 32.6 Å². The highest BCUT2D eigenvalue weighted by Crippen LogP contribution is 2.39. The van der Waals surface area contributed by atoms with Crippen LogP contribution in [0.25, 0.3) is 0 Å². The molecule has 2 N–H and O–H groups in total. The average molecular weight is 320 g/mol. The molecule has 3 rings (SSSR count). The number of carbonyl (C=O) groups excluding carboxylic acids is 2. The number of amides is 2. The van der Waals surface area contributed by atoms with Gasteiger partial charge in [-0.3, -0.25) is 9.59 Å². The number of quaternary nitrogens is 1. The predicted molar refractivity (Wildman–Crippen MR) is 84.4 cm³/mol. The SMILES string of the molecule is C[C@@H]1C[C@H]1C(=O)N1CC[NH+](CC(=O)Nc2ccc(F)cc2)CC1. The highest BCUT2D eigenvalue weighted by molar-refractivity contribution is 5.91. The fourth-order valence-corrected chi connectivity index (χ4v) is 3.09. The second-order valence-electron chi connectivity index (χ2n) is 6.63. The molecule has 0 spiro atoms. The molecule has 1 aliphatic heterocycles. The number of hydrogen-bond donors (Lipinski definition) is 2. The Labute approximate surface area is 135 Å². The van der Waals surface area contributed by atoms with Crippen molar-refractivity contribution in [2.45, 2.75) is 13.3 Å². The Morgan fingerprint density at radius 1 is 1.26 bits per heavy atom. The van der Waals surface area contributed by atoms with Crippen LogP contribution in [0.3, 0.4) is 0 Å². The Morgan fingerprint density at radius 3 is 2.43 bits per heavy atom. The first-order chi connectivity index (χ1) is 11.0. The molecule has 0 bridgehead atoms. The monoisotopic (exact) mass is 320 g/mol. The summed E-state index contributed by atoms with van der Waals surface area (Å²) in [4.78, 5) is 27.3. The lowest BCUT2D eigenvalue weighted by Gasteiger charge is -2.32. The van der Waals surface area contributed by atoms with Crippen molar-refractivity contribution in [3.8, 4) is 0 Å². The number of rotatable bonds is 4. The molecule has 1 aromatic carbocycles. The van der Waals surface area contributed by atoms with Gasteiger partial charge in [0.15, 0.2) is 6.54 Å². The fourth-order valence-electron chi connectivity index (χ4n) is 3.09. The molecule has 6 heteroatoms. The molecule has 0 aromatic heterocycles. The number of benzene rings is 1. The maximum Gasteiger partial charge on any atom is 0.279 e. The summed E-state index contributed by atoms with van der Waals surface area (Å²) in [5.41, 5.74) is 0.604. The van der Waals surface area contributed by atoms with Crippen LogP contribution in [0.2, 0.25) is 0 Å². The number of carbonyl (C=O) groups is 2. The number of anilines is 1. The van der Waals surface area contributed by atoms with Gasteiger partial charge in [0.2, 0.25) is 5.91 Å². The highest BCUT2D eigenvalue weighted by Gasteiger charge is 2.42. The molecule has 0 radical (unpaired) electrons. The summed E-state index contributed by atoms with van der Waals surface area (Å²) in [6.07, 6.45) is 1.02. The van der Waals surface area contributed by atoms with Gasteiger partial charge in [-0.15, -0.1) is 0 Å². The molecule has 0 unspecified atom stereocenters. The summed E-state index contributed by atoms with van der Waals surface area (Å²) < 4.78 is 12.8. The minimum atomic E-state index is -0.320. The van der Waals surface area contributed by atoms with Crippen molar-refractivity contribution in [3.05, 3.63) is 30.1 Å². The zero-order valence-electron chi connectivity index (χ0n) is 13.3. The van der Waals surface area contributed by atoms with Crippen LogP contribution in [0, 0.1) is 17.7 Å². The van der Waals surface area contributed by atoms with Crippen molar-refractivity contribution in [2.75, 3.05) is 38.0 Å². The normalized spacial score (nSPS) is 24.3. The molecule has 1 aliphatic carbocycles. The number of piperazine rings is 1. The van der Waals surface area contributed by atoms with Crippen LogP contribution in [0.1, 0.15) is 13.3 Å². The molecule has 2 aliphatic rings. The highest BCUT2D eigenvalue weighted by atomic mass is 19.1. The Balaban J connectivity index is 1.42. The van der Waals surface area contributed by atoms with E-state index in [1.165, 1.54) is 17.0 Å². The topological polar surface area (TPSA) is 53.9 Å². The van der Waals surface area contributed by atoms with Crippen molar-refractivity contribution in [3.63, 3.8) is 0 Å². The first kappa shape index (κ1) is 15.9. The van der Waals surface area contributed by atoms with Crippen LogP contribution < -0.4 is 10.2 Å². The molecule has 1 aromatic rings. The van der Waals surface area contributed by atoms with E-state index in [1.54, 1.807) is 12.1 Å². The molecular formula is C17H23FN3O2+. The third kappa shape index (κ3) is 4.07. The Bertz CT molecular complexity index is 582. The van der Waals surface area contributed by atoms with E-state index in [-0.39, 0.29) is 23.5 Å². The van der Waals surface area contributed by atoms with Crippen LogP contribution >= 0.6 is 0 Å². The zero-order chi connectivity index (χ0) is 16.4. The molecule has 1 saturated carbocycles. The first-order valence-electron chi connectivity index (χ1n) is 8.20. The first-order valence-corrected chi connectivity index (χ1v) is 8.20. The minimum Gasteiger partial charge on any atom is -0.331 e. The molecule has 1 heterocycles. The lowest BCUT2D eigenvalue weighted by atomic mass is 10.2. The standard InChI is InChI=1S/C17H22FN3O2/c1-12-10-15(12)17(23)21-8-6-20(7-9-21)11-16(22)19-14-4-2-13(18)3-5-14/h2-5,12,15H,6-11H2,1H3,(H,19,22)/p+1/t12-,15-/m1/s1. The second kappa shape index (κ2) is 6.66. The largest absolute Gasteiger partial charge is 0.331 e. The average Bonchev–Trinajstić information content (AvgIpc) is 3.26. The maximum absolute atomic E-state index is 12.8. The zero-order valence-corrected chi connectivity index (χ0v) is 13.3. The molecule has 124 valence electrons. The summed E-state index contributed by atoms with van der Waals surface area (Å²) in [5.74, 6) is 0.654. The van der Waals surface area contributed by atoms with Crippen molar-refractivity contribution in [2.24, 2.45) is 11.8 Å². The maximum atomic E-state index is 12.8. The summed E-state index contributed by atoms with van der Waals surface area (Å²) >= 11 is 0. The van der Waals surface area contributed by atoms with Crippen LogP contribution in [0.15, 0.2) is 24.3 Å². The van der Waals surface area contributed by atoms with E-state index < -0.39 is 0 Å². The molecular weight excluding hydrogens is 297 g/mol. The smallest absolute Gasteiger partial charge is 0.279 e. The van der Waals surface area contributed by atoms with E-state index >= 15 is 0 Å². The van der Waals surface area contributed by atoms with Crippen LogP contribution in [-0.4, -0.2) is 49.4 Å². The van der Waals surface area contributed by atoms with E-state index in [9.17, 15) is 14.0 Å². The summed E-state index contributed by atoms with van der Waals surface area (Å²) in [6, 6.07) is 5.75.